The first-order valence-electron chi connectivity index (χ1n) is 3.81. The largest absolute Gasteiger partial charge is 0.314 e. The van der Waals surface area contributed by atoms with Gasteiger partial charge in [0.2, 0.25) is 0 Å². The van der Waals surface area contributed by atoms with Crippen LogP contribution in [0.1, 0.15) is 12.8 Å². The highest BCUT2D eigenvalue weighted by atomic mass is 15.1. The Morgan fingerprint density at radius 1 is 1.60 bits per heavy atom. The van der Waals surface area contributed by atoms with Gasteiger partial charge < -0.3 is 10.6 Å². The van der Waals surface area contributed by atoms with Crippen molar-refractivity contribution in [1.82, 2.24) is 10.6 Å². The van der Waals surface area contributed by atoms with Crippen LogP contribution in [-0.2, 0) is 0 Å². The molecule has 1 rings (SSSR count). The van der Waals surface area contributed by atoms with Crippen LogP contribution in [0.4, 0.5) is 0 Å². The van der Waals surface area contributed by atoms with Crippen LogP contribution in [0.3, 0.4) is 0 Å². The molecule has 0 saturated carbocycles. The van der Waals surface area contributed by atoms with Crippen molar-refractivity contribution in [3.8, 4) is 12.3 Å². The van der Waals surface area contributed by atoms with Crippen LogP contribution in [0.5, 0.6) is 0 Å². The van der Waals surface area contributed by atoms with Gasteiger partial charge in [0.25, 0.3) is 0 Å². The maximum absolute atomic E-state index is 5.10. The maximum Gasteiger partial charge on any atom is 0.0317 e. The molecule has 1 aliphatic rings. The van der Waals surface area contributed by atoms with Gasteiger partial charge in [-0.15, -0.1) is 12.3 Å². The van der Waals surface area contributed by atoms with Gasteiger partial charge >= 0.3 is 0 Å². The summed E-state index contributed by atoms with van der Waals surface area (Å²) >= 11 is 0. The summed E-state index contributed by atoms with van der Waals surface area (Å²) in [7, 11) is 0. The molecule has 0 radical (unpaired) electrons. The van der Waals surface area contributed by atoms with Crippen molar-refractivity contribution in [2.75, 3.05) is 19.6 Å². The van der Waals surface area contributed by atoms with Crippen molar-refractivity contribution in [2.24, 2.45) is 0 Å². The van der Waals surface area contributed by atoms with E-state index in [1.807, 2.05) is 0 Å². The average Bonchev–Trinajstić information content (AvgIpc) is 1.84. The molecular formula is C8H14N2. The van der Waals surface area contributed by atoms with E-state index in [2.05, 4.69) is 16.6 Å². The SMILES string of the molecule is C#CCCCNC1CNC1. The van der Waals surface area contributed by atoms with Gasteiger partial charge in [0.15, 0.2) is 0 Å². The lowest BCUT2D eigenvalue weighted by molar-refractivity contribution is 0.366. The van der Waals surface area contributed by atoms with E-state index < -0.39 is 0 Å². The van der Waals surface area contributed by atoms with Gasteiger partial charge in [-0.05, 0) is 13.0 Å². The van der Waals surface area contributed by atoms with E-state index >= 15 is 0 Å². The standard InChI is InChI=1S/C8H14N2/c1-2-3-4-5-10-8-6-9-7-8/h1,8-10H,3-7H2. The number of rotatable bonds is 4. The summed E-state index contributed by atoms with van der Waals surface area (Å²) in [6.45, 7) is 3.31. The summed E-state index contributed by atoms with van der Waals surface area (Å²) < 4.78 is 0. The third kappa shape index (κ3) is 2.38. The number of terminal acetylenes is 1. The molecule has 0 aliphatic carbocycles. The molecule has 1 fully saturated rings. The van der Waals surface area contributed by atoms with Gasteiger partial charge in [0, 0.05) is 25.6 Å². The Hall–Kier alpha value is -0.520. The molecule has 0 amide bonds. The van der Waals surface area contributed by atoms with Crippen LogP contribution in [0.2, 0.25) is 0 Å². The molecule has 0 atom stereocenters. The molecule has 0 aromatic rings. The zero-order valence-corrected chi connectivity index (χ0v) is 6.19. The summed E-state index contributed by atoms with van der Waals surface area (Å²) in [5.74, 6) is 2.62. The van der Waals surface area contributed by atoms with Crippen LogP contribution in [0.15, 0.2) is 0 Å². The third-order valence-electron chi connectivity index (χ3n) is 1.71. The Labute approximate surface area is 62.4 Å². The van der Waals surface area contributed by atoms with Crippen LogP contribution < -0.4 is 10.6 Å². The molecule has 0 bridgehead atoms. The van der Waals surface area contributed by atoms with Crippen LogP contribution in [0, 0.1) is 12.3 Å². The summed E-state index contributed by atoms with van der Waals surface area (Å²) in [5.41, 5.74) is 0. The summed E-state index contributed by atoms with van der Waals surface area (Å²) in [5, 5.41) is 6.60. The van der Waals surface area contributed by atoms with E-state index in [0.29, 0.717) is 6.04 Å². The van der Waals surface area contributed by atoms with E-state index in [0.717, 1.165) is 32.5 Å². The van der Waals surface area contributed by atoms with Gasteiger partial charge in [-0.1, -0.05) is 0 Å². The maximum atomic E-state index is 5.10. The first kappa shape index (κ1) is 7.59. The van der Waals surface area contributed by atoms with E-state index in [-0.39, 0.29) is 0 Å². The van der Waals surface area contributed by atoms with Crippen molar-refractivity contribution in [1.29, 1.82) is 0 Å². The van der Waals surface area contributed by atoms with Gasteiger partial charge in [-0.25, -0.2) is 0 Å². The molecule has 2 N–H and O–H groups in total. The highest BCUT2D eigenvalue weighted by Gasteiger charge is 2.14. The van der Waals surface area contributed by atoms with Gasteiger partial charge in [-0.3, -0.25) is 0 Å². The van der Waals surface area contributed by atoms with Gasteiger partial charge in [0.1, 0.15) is 0 Å². The minimum Gasteiger partial charge on any atom is -0.314 e. The van der Waals surface area contributed by atoms with E-state index in [1.54, 1.807) is 0 Å². The fraction of sp³-hybridized carbons (Fsp3) is 0.750. The van der Waals surface area contributed by atoms with E-state index in [4.69, 9.17) is 6.42 Å². The number of nitrogens with one attached hydrogen (secondary N) is 2. The fourth-order valence-electron chi connectivity index (χ4n) is 0.930. The molecule has 0 aromatic carbocycles. The Bertz CT molecular complexity index is 122. The van der Waals surface area contributed by atoms with Crippen molar-refractivity contribution in [3.05, 3.63) is 0 Å². The number of hydrogen-bond acceptors (Lipinski definition) is 2. The molecule has 2 nitrogen and oxygen atoms in total. The molecule has 56 valence electrons. The molecule has 2 heteroatoms. The second-order valence-corrected chi connectivity index (χ2v) is 2.62. The number of hydrogen-bond donors (Lipinski definition) is 2. The minimum atomic E-state index is 0.706. The average molecular weight is 138 g/mol. The molecule has 10 heavy (non-hydrogen) atoms. The molecule has 0 aromatic heterocycles. The predicted octanol–water partition coefficient (Wildman–Crippen LogP) is -0.0388. The highest BCUT2D eigenvalue weighted by molar-refractivity contribution is 4.85. The first-order chi connectivity index (χ1) is 4.93. The summed E-state index contributed by atoms with van der Waals surface area (Å²) in [6, 6.07) is 0.706. The second kappa shape index (κ2) is 4.32. The highest BCUT2D eigenvalue weighted by Crippen LogP contribution is 1.91. The van der Waals surface area contributed by atoms with Crippen molar-refractivity contribution >= 4 is 0 Å². The lowest BCUT2D eigenvalue weighted by Crippen LogP contribution is -2.55. The molecule has 0 spiro atoms. The fourth-order valence-corrected chi connectivity index (χ4v) is 0.930. The normalized spacial score (nSPS) is 17.9. The molecule has 1 heterocycles. The molecule has 1 saturated heterocycles. The quantitative estimate of drug-likeness (QED) is 0.421. The molecule has 1 aliphatic heterocycles. The molecular weight excluding hydrogens is 124 g/mol. The van der Waals surface area contributed by atoms with Crippen molar-refractivity contribution in [2.45, 2.75) is 18.9 Å². The smallest absolute Gasteiger partial charge is 0.0317 e. The van der Waals surface area contributed by atoms with Gasteiger partial charge in [0.05, 0.1) is 0 Å². The van der Waals surface area contributed by atoms with E-state index in [1.165, 1.54) is 0 Å². The lowest BCUT2D eigenvalue weighted by atomic mass is 10.2. The lowest BCUT2D eigenvalue weighted by Gasteiger charge is -2.27. The van der Waals surface area contributed by atoms with Crippen LogP contribution >= 0.6 is 0 Å². The Kier molecular flexibility index (Phi) is 3.28. The minimum absolute atomic E-state index is 0.706. The van der Waals surface area contributed by atoms with Crippen molar-refractivity contribution < 1.29 is 0 Å². The van der Waals surface area contributed by atoms with Gasteiger partial charge in [-0.2, -0.15) is 0 Å². The zero-order valence-electron chi connectivity index (χ0n) is 6.19. The topological polar surface area (TPSA) is 24.1 Å². The number of unbranched alkanes of at least 4 members (excludes halogenated alkanes) is 1. The van der Waals surface area contributed by atoms with E-state index in [9.17, 15) is 0 Å². The second-order valence-electron chi connectivity index (χ2n) is 2.62. The van der Waals surface area contributed by atoms with Crippen LogP contribution in [0.25, 0.3) is 0 Å². The zero-order chi connectivity index (χ0) is 7.23. The molecule has 0 unspecified atom stereocenters. The Balaban J connectivity index is 1.81. The predicted molar refractivity (Wildman–Crippen MR) is 42.7 cm³/mol. The third-order valence-corrected chi connectivity index (χ3v) is 1.71. The summed E-state index contributed by atoms with van der Waals surface area (Å²) in [6.07, 6.45) is 7.10. The monoisotopic (exact) mass is 138 g/mol. The summed E-state index contributed by atoms with van der Waals surface area (Å²) in [4.78, 5) is 0. The van der Waals surface area contributed by atoms with Crippen LogP contribution in [-0.4, -0.2) is 25.7 Å². The van der Waals surface area contributed by atoms with Crippen molar-refractivity contribution in [3.63, 3.8) is 0 Å². The Morgan fingerprint density at radius 2 is 2.40 bits per heavy atom. The Morgan fingerprint density at radius 3 is 2.90 bits per heavy atom. The first-order valence-corrected chi connectivity index (χ1v) is 3.81.